The molecule has 0 unspecified atom stereocenters. The Balaban J connectivity index is 3.79. The Hall–Kier alpha value is -0.800. The van der Waals surface area contributed by atoms with E-state index >= 15 is 0 Å². The summed E-state index contributed by atoms with van der Waals surface area (Å²) in [5, 5.41) is 16.8. The molecule has 15 heavy (non-hydrogen) atoms. The second-order valence-corrected chi connectivity index (χ2v) is 3.23. The van der Waals surface area contributed by atoms with E-state index in [2.05, 4.69) is 0 Å². The number of rotatable bonds is 7. The summed E-state index contributed by atoms with van der Waals surface area (Å²) in [6, 6.07) is 1.93. The molecule has 0 rings (SSSR count). The van der Waals surface area contributed by atoms with Crippen molar-refractivity contribution in [2.45, 2.75) is 25.4 Å². The van der Waals surface area contributed by atoms with Crippen LogP contribution in [0, 0.1) is 11.3 Å². The van der Waals surface area contributed by atoms with Crippen molar-refractivity contribution in [2.24, 2.45) is 0 Å². The molecule has 0 aliphatic rings. The molecule has 6 heteroatoms. The molecule has 0 saturated carbocycles. The number of hydrogen-bond donors (Lipinski definition) is 1. The van der Waals surface area contributed by atoms with E-state index < -0.39 is 12.7 Å². The van der Waals surface area contributed by atoms with Crippen molar-refractivity contribution in [3.63, 3.8) is 0 Å². The van der Waals surface area contributed by atoms with Crippen LogP contribution < -0.4 is 0 Å². The molecule has 0 bridgehead atoms. The highest BCUT2D eigenvalue weighted by Crippen LogP contribution is 2.16. The van der Waals surface area contributed by atoms with Crippen molar-refractivity contribution in [1.29, 1.82) is 5.26 Å². The van der Waals surface area contributed by atoms with E-state index in [1.807, 2.05) is 6.07 Å². The van der Waals surface area contributed by atoms with Crippen molar-refractivity contribution in [2.75, 3.05) is 26.2 Å². The van der Waals surface area contributed by atoms with Crippen LogP contribution in [-0.4, -0.2) is 42.4 Å². The molecule has 0 fully saturated rings. The second-order valence-electron chi connectivity index (χ2n) is 3.23. The highest BCUT2D eigenvalue weighted by Gasteiger charge is 2.30. The van der Waals surface area contributed by atoms with Gasteiger partial charge in [0.1, 0.15) is 0 Å². The molecule has 88 valence electrons. The molecule has 0 radical (unpaired) electrons. The van der Waals surface area contributed by atoms with Gasteiger partial charge in [-0.2, -0.15) is 18.4 Å². The van der Waals surface area contributed by atoms with Gasteiger partial charge in [-0.25, -0.2) is 0 Å². The zero-order valence-corrected chi connectivity index (χ0v) is 8.43. The Morgan fingerprint density at radius 1 is 1.20 bits per heavy atom. The van der Waals surface area contributed by atoms with Crippen LogP contribution in [-0.2, 0) is 0 Å². The number of nitrogens with zero attached hydrogens (tertiary/aromatic N) is 2. The van der Waals surface area contributed by atoms with Gasteiger partial charge >= 0.3 is 6.18 Å². The lowest BCUT2D eigenvalue weighted by atomic mass is 10.2. The molecule has 0 aromatic heterocycles. The second kappa shape index (κ2) is 7.49. The Kier molecular flexibility index (Phi) is 7.09. The van der Waals surface area contributed by atoms with Gasteiger partial charge in [-0.1, -0.05) is 0 Å². The third kappa shape index (κ3) is 9.50. The van der Waals surface area contributed by atoms with E-state index in [1.165, 1.54) is 0 Å². The van der Waals surface area contributed by atoms with E-state index in [0.717, 1.165) is 4.90 Å². The summed E-state index contributed by atoms with van der Waals surface area (Å²) in [6.45, 7) is -0.998. The van der Waals surface area contributed by atoms with Crippen molar-refractivity contribution in [3.05, 3.63) is 0 Å². The fraction of sp³-hybridized carbons (Fsp3) is 0.889. The number of nitriles is 1. The molecule has 0 saturated heterocycles. The summed E-state index contributed by atoms with van der Waals surface area (Å²) in [7, 11) is 0. The predicted octanol–water partition coefficient (Wildman–Crippen LogP) is 1.54. The van der Waals surface area contributed by atoms with Crippen LogP contribution in [0.4, 0.5) is 13.2 Å². The van der Waals surface area contributed by atoms with Gasteiger partial charge < -0.3 is 5.11 Å². The topological polar surface area (TPSA) is 47.3 Å². The van der Waals surface area contributed by atoms with E-state index in [9.17, 15) is 13.2 Å². The third-order valence-corrected chi connectivity index (χ3v) is 1.83. The average molecular weight is 224 g/mol. The summed E-state index contributed by atoms with van der Waals surface area (Å²) >= 11 is 0. The van der Waals surface area contributed by atoms with Crippen LogP contribution in [0.2, 0.25) is 0 Å². The first-order valence-corrected chi connectivity index (χ1v) is 4.76. The molecule has 0 spiro atoms. The predicted molar refractivity (Wildman–Crippen MR) is 49.0 cm³/mol. The number of halogens is 3. The van der Waals surface area contributed by atoms with Gasteiger partial charge in [-0.3, -0.25) is 4.90 Å². The summed E-state index contributed by atoms with van der Waals surface area (Å²) in [5.41, 5.74) is 0. The summed E-state index contributed by atoms with van der Waals surface area (Å²) in [4.78, 5) is 1.15. The quantitative estimate of drug-likeness (QED) is 0.667. The van der Waals surface area contributed by atoms with E-state index in [1.54, 1.807) is 0 Å². The van der Waals surface area contributed by atoms with Crippen LogP contribution in [0.25, 0.3) is 0 Å². The first-order chi connectivity index (χ1) is 6.99. The van der Waals surface area contributed by atoms with Gasteiger partial charge in [0, 0.05) is 13.0 Å². The highest BCUT2D eigenvalue weighted by atomic mass is 19.4. The smallest absolute Gasteiger partial charge is 0.395 e. The molecular weight excluding hydrogens is 209 g/mol. The average Bonchev–Trinajstić information content (AvgIpc) is 2.10. The SMILES string of the molecule is N#CCCCCN(CCO)CC(F)(F)F. The van der Waals surface area contributed by atoms with Crippen molar-refractivity contribution in [3.8, 4) is 6.07 Å². The van der Waals surface area contributed by atoms with Gasteiger partial charge in [-0.15, -0.1) is 0 Å². The van der Waals surface area contributed by atoms with Crippen molar-refractivity contribution >= 4 is 0 Å². The molecule has 0 heterocycles. The lowest BCUT2D eigenvalue weighted by Crippen LogP contribution is -2.36. The first kappa shape index (κ1) is 14.2. The van der Waals surface area contributed by atoms with Crippen molar-refractivity contribution in [1.82, 2.24) is 4.90 Å². The van der Waals surface area contributed by atoms with Gasteiger partial charge in [0.15, 0.2) is 0 Å². The number of aliphatic hydroxyl groups excluding tert-OH is 1. The lowest BCUT2D eigenvalue weighted by Gasteiger charge is -2.22. The summed E-state index contributed by atoms with van der Waals surface area (Å²) in [6.07, 6.45) is -2.73. The molecule has 0 atom stereocenters. The van der Waals surface area contributed by atoms with Gasteiger partial charge in [-0.05, 0) is 19.4 Å². The van der Waals surface area contributed by atoms with E-state index in [4.69, 9.17) is 10.4 Å². The maximum absolute atomic E-state index is 12.0. The normalized spacial score (nSPS) is 11.7. The van der Waals surface area contributed by atoms with Crippen LogP contribution in [0.15, 0.2) is 0 Å². The molecular formula is C9H15F3N2O. The van der Waals surface area contributed by atoms with Crippen LogP contribution >= 0.6 is 0 Å². The zero-order valence-electron chi connectivity index (χ0n) is 8.43. The van der Waals surface area contributed by atoms with Crippen molar-refractivity contribution < 1.29 is 18.3 Å². The third-order valence-electron chi connectivity index (χ3n) is 1.83. The largest absolute Gasteiger partial charge is 0.401 e. The van der Waals surface area contributed by atoms with Gasteiger partial charge in [0.05, 0.1) is 19.2 Å². The Morgan fingerprint density at radius 3 is 2.33 bits per heavy atom. The molecule has 0 aromatic carbocycles. The highest BCUT2D eigenvalue weighted by molar-refractivity contribution is 4.69. The lowest BCUT2D eigenvalue weighted by molar-refractivity contribution is -0.146. The molecule has 0 aliphatic heterocycles. The molecule has 0 amide bonds. The fourth-order valence-electron chi connectivity index (χ4n) is 1.20. The first-order valence-electron chi connectivity index (χ1n) is 4.76. The van der Waals surface area contributed by atoms with E-state index in [-0.39, 0.29) is 19.7 Å². The number of alkyl halides is 3. The minimum atomic E-state index is -4.23. The van der Waals surface area contributed by atoms with Crippen LogP contribution in [0.5, 0.6) is 0 Å². The summed E-state index contributed by atoms with van der Waals surface area (Å²) in [5.74, 6) is 0. The molecule has 0 aliphatic carbocycles. The van der Waals surface area contributed by atoms with E-state index in [0.29, 0.717) is 19.3 Å². The monoisotopic (exact) mass is 224 g/mol. The number of unbranched alkanes of at least 4 members (excludes halogenated alkanes) is 2. The maximum Gasteiger partial charge on any atom is 0.401 e. The Morgan fingerprint density at radius 2 is 1.87 bits per heavy atom. The minimum Gasteiger partial charge on any atom is -0.395 e. The number of hydrogen-bond acceptors (Lipinski definition) is 3. The van der Waals surface area contributed by atoms with Crippen LogP contribution in [0.1, 0.15) is 19.3 Å². The molecule has 3 nitrogen and oxygen atoms in total. The summed E-state index contributed by atoms with van der Waals surface area (Å²) < 4.78 is 36.1. The van der Waals surface area contributed by atoms with Gasteiger partial charge in [0.2, 0.25) is 0 Å². The Bertz CT molecular complexity index is 201. The molecule has 0 aromatic rings. The number of aliphatic hydroxyl groups is 1. The maximum atomic E-state index is 12.0. The standard InChI is InChI=1S/C9H15F3N2O/c10-9(11,12)8-14(6-7-15)5-3-1-2-4-13/h15H,1-3,5-8H2. The fourth-order valence-corrected chi connectivity index (χ4v) is 1.20. The Labute approximate surface area is 87.1 Å². The molecule has 1 N–H and O–H groups in total. The van der Waals surface area contributed by atoms with Gasteiger partial charge in [0.25, 0.3) is 0 Å². The zero-order chi connectivity index (χ0) is 11.7. The minimum absolute atomic E-state index is 0.0199. The van der Waals surface area contributed by atoms with Crippen LogP contribution in [0.3, 0.4) is 0 Å².